The number of pyridine rings is 1. The number of fused-ring (bicyclic) bond motifs is 2. The number of rotatable bonds is 5. The zero-order valence-electron chi connectivity index (χ0n) is 14.3. The smallest absolute Gasteiger partial charge is 0.157 e. The van der Waals surface area contributed by atoms with Gasteiger partial charge in [-0.25, -0.2) is 14.6 Å². The van der Waals surface area contributed by atoms with Gasteiger partial charge in [0.25, 0.3) is 0 Å². The molecule has 4 rings (SSSR count). The number of hydrogen-bond acceptors (Lipinski definition) is 4. The Bertz CT molecular complexity index is 831. The minimum atomic E-state index is 0.332. The molecule has 0 saturated heterocycles. The molecule has 0 spiro atoms. The summed E-state index contributed by atoms with van der Waals surface area (Å²) in [5.41, 5.74) is 2.18. The fraction of sp³-hybridized carbons (Fsp3) is 0.500. The lowest BCUT2D eigenvalue weighted by Crippen LogP contribution is -2.29. The number of aromatic nitrogens is 5. The number of nitrogens with zero attached hydrogens (tertiary/aromatic N) is 5. The van der Waals surface area contributed by atoms with E-state index in [2.05, 4.69) is 51.1 Å². The van der Waals surface area contributed by atoms with Crippen LogP contribution in [0.25, 0.3) is 11.0 Å². The molecule has 1 N–H and O–H groups in total. The van der Waals surface area contributed by atoms with E-state index in [4.69, 9.17) is 0 Å². The van der Waals surface area contributed by atoms with Gasteiger partial charge in [0.15, 0.2) is 5.65 Å². The van der Waals surface area contributed by atoms with E-state index in [9.17, 15) is 0 Å². The van der Waals surface area contributed by atoms with Crippen LogP contribution in [-0.2, 0) is 19.5 Å². The van der Waals surface area contributed by atoms with Crippen molar-refractivity contribution in [3.63, 3.8) is 0 Å². The Balaban J connectivity index is 1.35. The molecule has 3 aromatic heterocycles. The Kier molecular flexibility index (Phi) is 4.06. The monoisotopic (exact) mass is 324 g/mol. The average molecular weight is 324 g/mol. The summed E-state index contributed by atoms with van der Waals surface area (Å²) in [7, 11) is 0. The quantitative estimate of drug-likeness (QED) is 0.783. The number of nitrogens with one attached hydrogen (secondary N) is 1. The van der Waals surface area contributed by atoms with Gasteiger partial charge >= 0.3 is 0 Å². The predicted molar refractivity (Wildman–Crippen MR) is 93.7 cm³/mol. The molecule has 3 aromatic rings. The molecule has 0 bridgehead atoms. The summed E-state index contributed by atoms with van der Waals surface area (Å²) >= 11 is 0. The van der Waals surface area contributed by atoms with Crippen LogP contribution in [0.3, 0.4) is 0 Å². The van der Waals surface area contributed by atoms with E-state index in [1.54, 1.807) is 0 Å². The fourth-order valence-corrected chi connectivity index (χ4v) is 3.48. The lowest BCUT2D eigenvalue weighted by Gasteiger charge is -2.24. The van der Waals surface area contributed by atoms with E-state index in [0.717, 1.165) is 37.1 Å². The first-order valence-corrected chi connectivity index (χ1v) is 8.73. The molecule has 0 amide bonds. The highest BCUT2D eigenvalue weighted by Crippen LogP contribution is 2.19. The van der Waals surface area contributed by atoms with Gasteiger partial charge in [0, 0.05) is 49.5 Å². The Hall–Kier alpha value is -2.21. The Labute approximate surface area is 141 Å². The van der Waals surface area contributed by atoms with Crippen LogP contribution >= 0.6 is 0 Å². The maximum Gasteiger partial charge on any atom is 0.157 e. The highest BCUT2D eigenvalue weighted by atomic mass is 15.3. The molecule has 0 saturated carbocycles. The van der Waals surface area contributed by atoms with Crippen LogP contribution in [0.4, 0.5) is 0 Å². The maximum absolute atomic E-state index is 4.60. The van der Waals surface area contributed by atoms with E-state index in [-0.39, 0.29) is 0 Å². The van der Waals surface area contributed by atoms with Crippen molar-refractivity contribution in [1.82, 2.24) is 29.6 Å². The van der Waals surface area contributed by atoms with Crippen LogP contribution in [0.1, 0.15) is 37.7 Å². The Morgan fingerprint density at radius 3 is 3.08 bits per heavy atom. The first-order valence-electron chi connectivity index (χ1n) is 8.73. The first kappa shape index (κ1) is 15.3. The molecule has 1 aliphatic heterocycles. The van der Waals surface area contributed by atoms with Crippen LogP contribution in [0.5, 0.6) is 0 Å². The van der Waals surface area contributed by atoms with E-state index >= 15 is 0 Å². The van der Waals surface area contributed by atoms with Crippen LogP contribution in [0.15, 0.2) is 30.9 Å². The normalized spacial score (nSPS) is 17.5. The molecule has 0 aromatic carbocycles. The third-order valence-corrected chi connectivity index (χ3v) is 4.77. The summed E-state index contributed by atoms with van der Waals surface area (Å²) in [6.07, 6.45) is 10.2. The Morgan fingerprint density at radius 1 is 1.29 bits per heavy atom. The van der Waals surface area contributed by atoms with E-state index in [1.165, 1.54) is 17.8 Å². The predicted octanol–water partition coefficient (Wildman–Crippen LogP) is 2.56. The summed E-state index contributed by atoms with van der Waals surface area (Å²) in [5, 5.41) is 9.13. The van der Waals surface area contributed by atoms with Gasteiger partial charge in [-0.3, -0.25) is 0 Å². The molecule has 6 nitrogen and oxygen atoms in total. The SMILES string of the molecule is CC(C)n1ncc2cc(CNC[C@H]3CCc4nccn4C3)cnc21. The summed E-state index contributed by atoms with van der Waals surface area (Å²) in [4.78, 5) is 8.99. The molecule has 6 heteroatoms. The molecule has 4 heterocycles. The van der Waals surface area contributed by atoms with Gasteiger partial charge in [0.2, 0.25) is 0 Å². The van der Waals surface area contributed by atoms with Gasteiger partial charge in [-0.15, -0.1) is 0 Å². The lowest BCUT2D eigenvalue weighted by atomic mass is 9.99. The molecule has 0 aliphatic carbocycles. The molecular formula is C18H24N6. The highest BCUT2D eigenvalue weighted by Gasteiger charge is 2.18. The van der Waals surface area contributed by atoms with Gasteiger partial charge in [-0.2, -0.15) is 5.10 Å². The van der Waals surface area contributed by atoms with Gasteiger partial charge in [0.05, 0.1) is 6.20 Å². The number of imidazole rings is 1. The van der Waals surface area contributed by atoms with Crippen molar-refractivity contribution >= 4 is 11.0 Å². The summed E-state index contributed by atoms with van der Waals surface area (Å²) < 4.78 is 4.25. The minimum Gasteiger partial charge on any atom is -0.335 e. The topological polar surface area (TPSA) is 60.6 Å². The summed E-state index contributed by atoms with van der Waals surface area (Å²) in [5.74, 6) is 1.90. The first-order chi connectivity index (χ1) is 11.7. The minimum absolute atomic E-state index is 0.332. The largest absolute Gasteiger partial charge is 0.335 e. The van der Waals surface area contributed by atoms with E-state index in [1.807, 2.05) is 23.3 Å². The molecule has 0 fully saturated rings. The number of hydrogen-bond donors (Lipinski definition) is 1. The van der Waals surface area contributed by atoms with Crippen molar-refractivity contribution in [3.8, 4) is 0 Å². The van der Waals surface area contributed by atoms with Crippen molar-refractivity contribution < 1.29 is 0 Å². The van der Waals surface area contributed by atoms with Gasteiger partial charge in [-0.1, -0.05) is 0 Å². The zero-order chi connectivity index (χ0) is 16.5. The molecule has 0 unspecified atom stereocenters. The van der Waals surface area contributed by atoms with Gasteiger partial charge in [0.1, 0.15) is 5.82 Å². The van der Waals surface area contributed by atoms with Crippen molar-refractivity contribution in [2.45, 2.75) is 45.8 Å². The fourth-order valence-electron chi connectivity index (χ4n) is 3.48. The second kappa shape index (κ2) is 6.36. The molecule has 24 heavy (non-hydrogen) atoms. The highest BCUT2D eigenvalue weighted by molar-refractivity contribution is 5.75. The third-order valence-electron chi connectivity index (χ3n) is 4.77. The van der Waals surface area contributed by atoms with Crippen molar-refractivity contribution in [2.24, 2.45) is 5.92 Å². The second-order valence-electron chi connectivity index (χ2n) is 6.97. The van der Waals surface area contributed by atoms with E-state index in [0.29, 0.717) is 12.0 Å². The maximum atomic E-state index is 4.60. The lowest BCUT2D eigenvalue weighted by molar-refractivity contribution is 0.347. The molecule has 126 valence electrons. The van der Waals surface area contributed by atoms with Gasteiger partial charge < -0.3 is 9.88 Å². The molecular weight excluding hydrogens is 300 g/mol. The van der Waals surface area contributed by atoms with Crippen molar-refractivity contribution in [3.05, 3.63) is 42.2 Å². The second-order valence-corrected chi connectivity index (χ2v) is 6.97. The van der Waals surface area contributed by atoms with Crippen LogP contribution in [0, 0.1) is 5.92 Å². The van der Waals surface area contributed by atoms with E-state index < -0.39 is 0 Å². The third kappa shape index (κ3) is 2.94. The summed E-state index contributed by atoms with van der Waals surface area (Å²) in [6.45, 7) is 7.20. The summed E-state index contributed by atoms with van der Waals surface area (Å²) in [6, 6.07) is 2.52. The number of aryl methyl sites for hydroxylation is 1. The van der Waals surface area contributed by atoms with Crippen LogP contribution in [0.2, 0.25) is 0 Å². The standard InChI is InChI=1S/C18H24N6/c1-13(2)24-18-16(11-22-24)7-15(10-21-18)9-19-8-14-3-4-17-20-5-6-23(17)12-14/h5-7,10-11,13-14,19H,3-4,8-9,12H2,1-2H3/t14-/m1/s1. The molecule has 1 aliphatic rings. The van der Waals surface area contributed by atoms with Gasteiger partial charge in [-0.05, 0) is 44.4 Å². The van der Waals surface area contributed by atoms with Crippen LogP contribution in [-0.4, -0.2) is 30.9 Å². The van der Waals surface area contributed by atoms with Crippen LogP contribution < -0.4 is 5.32 Å². The molecule has 1 atom stereocenters. The van der Waals surface area contributed by atoms with Crippen molar-refractivity contribution in [1.29, 1.82) is 0 Å². The van der Waals surface area contributed by atoms with Crippen molar-refractivity contribution in [2.75, 3.05) is 6.54 Å². The Morgan fingerprint density at radius 2 is 2.21 bits per heavy atom. The zero-order valence-corrected chi connectivity index (χ0v) is 14.3. The molecule has 0 radical (unpaired) electrons. The average Bonchev–Trinajstić information content (AvgIpc) is 3.20.